The first-order valence-electron chi connectivity index (χ1n) is 11.5. The molecule has 0 aliphatic carbocycles. The van der Waals surface area contributed by atoms with Crippen LogP contribution in [-0.2, 0) is 13.1 Å². The van der Waals surface area contributed by atoms with E-state index in [4.69, 9.17) is 16.3 Å². The van der Waals surface area contributed by atoms with Crippen LogP contribution in [0, 0.1) is 12.7 Å². The van der Waals surface area contributed by atoms with Gasteiger partial charge in [-0.2, -0.15) is 0 Å². The summed E-state index contributed by atoms with van der Waals surface area (Å²) in [4.78, 5) is 40.9. The number of aromatic nitrogens is 3. The SMILES string of the molecule is COc1cnc(Cl)cc1-c1cc(C)ncc1C(=O)Nc1nc2c(s1)CN(C(=O)c1cc(F)cc(C(F)F)c1)C2. The zero-order valence-corrected chi connectivity index (χ0v) is 22.0. The number of rotatable bonds is 6. The van der Waals surface area contributed by atoms with Gasteiger partial charge in [0.25, 0.3) is 18.2 Å². The van der Waals surface area contributed by atoms with Crippen LogP contribution in [0.4, 0.5) is 18.3 Å². The van der Waals surface area contributed by atoms with E-state index in [1.165, 1.54) is 35.7 Å². The number of carbonyl (C=O) groups is 2. The molecule has 1 aliphatic rings. The number of ether oxygens (including phenoxy) is 1. The number of benzene rings is 1. The number of amides is 2. The van der Waals surface area contributed by atoms with E-state index in [-0.39, 0.29) is 29.4 Å². The molecule has 0 unspecified atom stereocenters. The first-order chi connectivity index (χ1) is 18.6. The number of alkyl halides is 2. The highest BCUT2D eigenvalue weighted by Gasteiger charge is 2.29. The van der Waals surface area contributed by atoms with Gasteiger partial charge >= 0.3 is 0 Å². The normalized spacial score (nSPS) is 12.5. The minimum absolute atomic E-state index is 0.0884. The number of carbonyl (C=O) groups excluding carboxylic acids is 2. The Balaban J connectivity index is 1.35. The number of nitrogens with one attached hydrogen (secondary N) is 1. The summed E-state index contributed by atoms with van der Waals surface area (Å²) in [7, 11) is 1.49. The largest absolute Gasteiger partial charge is 0.494 e. The molecule has 0 spiro atoms. The number of methoxy groups -OCH3 is 1. The van der Waals surface area contributed by atoms with Crippen molar-refractivity contribution < 1.29 is 27.5 Å². The third-order valence-corrected chi connectivity index (χ3v) is 7.21. The Labute approximate surface area is 229 Å². The molecular formula is C26H19ClF3N5O3S. The zero-order valence-electron chi connectivity index (χ0n) is 20.5. The monoisotopic (exact) mass is 573 g/mol. The third kappa shape index (κ3) is 5.43. The Morgan fingerprint density at radius 2 is 1.90 bits per heavy atom. The maximum absolute atomic E-state index is 13.8. The van der Waals surface area contributed by atoms with Crippen molar-refractivity contribution in [2.45, 2.75) is 26.4 Å². The first-order valence-corrected chi connectivity index (χ1v) is 12.7. The molecule has 8 nitrogen and oxygen atoms in total. The van der Waals surface area contributed by atoms with Gasteiger partial charge in [-0.05, 0) is 37.3 Å². The van der Waals surface area contributed by atoms with Crippen molar-refractivity contribution in [3.05, 3.63) is 86.7 Å². The summed E-state index contributed by atoms with van der Waals surface area (Å²) in [5, 5.41) is 3.32. The summed E-state index contributed by atoms with van der Waals surface area (Å²) in [5.41, 5.74) is 1.87. The second-order valence-electron chi connectivity index (χ2n) is 8.66. The van der Waals surface area contributed by atoms with Crippen LogP contribution >= 0.6 is 22.9 Å². The lowest BCUT2D eigenvalue weighted by atomic mass is 10.0. The van der Waals surface area contributed by atoms with Crippen molar-refractivity contribution in [3.63, 3.8) is 0 Å². The maximum atomic E-state index is 13.8. The van der Waals surface area contributed by atoms with Gasteiger partial charge in [-0.25, -0.2) is 23.1 Å². The molecule has 4 aromatic rings. The van der Waals surface area contributed by atoms with E-state index in [0.29, 0.717) is 44.3 Å². The topological polar surface area (TPSA) is 97.3 Å². The smallest absolute Gasteiger partial charge is 0.263 e. The Morgan fingerprint density at radius 3 is 2.62 bits per heavy atom. The van der Waals surface area contributed by atoms with Crippen molar-refractivity contribution in [3.8, 4) is 16.9 Å². The van der Waals surface area contributed by atoms with E-state index in [9.17, 15) is 22.8 Å². The predicted molar refractivity (Wildman–Crippen MR) is 139 cm³/mol. The first kappa shape index (κ1) is 26.6. The molecule has 39 heavy (non-hydrogen) atoms. The van der Waals surface area contributed by atoms with Crippen LogP contribution in [0.2, 0.25) is 5.15 Å². The molecule has 0 radical (unpaired) electrons. The Kier molecular flexibility index (Phi) is 7.23. The molecule has 0 bridgehead atoms. The quantitative estimate of drug-likeness (QED) is 0.282. The summed E-state index contributed by atoms with van der Waals surface area (Å²) < 4.78 is 45.3. The van der Waals surface area contributed by atoms with E-state index in [1.807, 2.05) is 0 Å². The second kappa shape index (κ2) is 10.6. The Morgan fingerprint density at radius 1 is 1.10 bits per heavy atom. The van der Waals surface area contributed by atoms with Gasteiger partial charge in [0.15, 0.2) is 5.13 Å². The van der Waals surface area contributed by atoms with Crippen LogP contribution in [-0.4, -0.2) is 38.8 Å². The Hall–Kier alpha value is -4.03. The standard InChI is InChI=1S/C26H19ClF3N5O3S/c1-12-3-16(17-7-22(27)32-9-20(17)38-2)18(8-31-12)24(36)34-26-33-19-10-35(11-21(19)39-26)25(37)14-4-13(23(29)30)5-15(28)6-14/h3-9,23H,10-11H2,1-2H3,(H,33,34,36). The lowest BCUT2D eigenvalue weighted by Crippen LogP contribution is -2.26. The van der Waals surface area contributed by atoms with E-state index in [0.717, 1.165) is 12.1 Å². The number of pyridine rings is 2. The van der Waals surface area contributed by atoms with Crippen molar-refractivity contribution in [2.75, 3.05) is 12.4 Å². The van der Waals surface area contributed by atoms with Crippen LogP contribution in [0.25, 0.3) is 11.1 Å². The van der Waals surface area contributed by atoms with Crippen LogP contribution in [0.5, 0.6) is 5.75 Å². The fourth-order valence-electron chi connectivity index (χ4n) is 4.20. The number of anilines is 1. The fourth-order valence-corrected chi connectivity index (χ4v) is 5.34. The fraction of sp³-hybridized carbons (Fsp3) is 0.192. The van der Waals surface area contributed by atoms with Crippen LogP contribution in [0.1, 0.15) is 49.0 Å². The van der Waals surface area contributed by atoms with Gasteiger partial charge in [-0.1, -0.05) is 22.9 Å². The molecule has 0 saturated carbocycles. The van der Waals surface area contributed by atoms with Gasteiger partial charge in [0, 0.05) is 34.1 Å². The van der Waals surface area contributed by atoms with Crippen molar-refractivity contribution in [1.82, 2.24) is 19.9 Å². The van der Waals surface area contributed by atoms with Gasteiger partial charge in [0.2, 0.25) is 0 Å². The van der Waals surface area contributed by atoms with Gasteiger partial charge in [-0.3, -0.25) is 19.9 Å². The molecule has 0 saturated heterocycles. The molecule has 2 amide bonds. The number of aryl methyl sites for hydroxylation is 1. The van der Waals surface area contributed by atoms with Crippen molar-refractivity contribution in [2.24, 2.45) is 0 Å². The van der Waals surface area contributed by atoms with Crippen molar-refractivity contribution >= 4 is 39.9 Å². The van der Waals surface area contributed by atoms with Gasteiger partial charge in [-0.15, -0.1) is 0 Å². The number of hydrogen-bond acceptors (Lipinski definition) is 7. The van der Waals surface area contributed by atoms with Crippen LogP contribution in [0.15, 0.2) is 42.7 Å². The van der Waals surface area contributed by atoms with E-state index in [2.05, 4.69) is 20.3 Å². The minimum atomic E-state index is -2.90. The molecule has 1 aromatic carbocycles. The van der Waals surface area contributed by atoms with E-state index < -0.39 is 29.6 Å². The number of nitrogens with zero attached hydrogens (tertiary/aromatic N) is 4. The molecule has 13 heteroatoms. The summed E-state index contributed by atoms with van der Waals surface area (Å²) in [6.45, 7) is 2.02. The van der Waals surface area contributed by atoms with Crippen LogP contribution < -0.4 is 10.1 Å². The molecule has 4 heterocycles. The third-order valence-electron chi connectivity index (χ3n) is 6.01. The highest BCUT2D eigenvalue weighted by molar-refractivity contribution is 7.16. The predicted octanol–water partition coefficient (Wildman–Crippen LogP) is 6.06. The second-order valence-corrected chi connectivity index (χ2v) is 10.1. The average molecular weight is 574 g/mol. The molecule has 200 valence electrons. The summed E-state index contributed by atoms with van der Waals surface area (Å²) >= 11 is 7.28. The van der Waals surface area contributed by atoms with Gasteiger partial charge in [0.05, 0.1) is 42.5 Å². The molecule has 0 atom stereocenters. The lowest BCUT2D eigenvalue weighted by Gasteiger charge is -2.16. The highest BCUT2D eigenvalue weighted by atomic mass is 35.5. The average Bonchev–Trinajstić information content (AvgIpc) is 3.46. The summed E-state index contributed by atoms with van der Waals surface area (Å²) in [6, 6.07) is 5.95. The number of halogens is 4. The van der Waals surface area contributed by atoms with E-state index in [1.54, 1.807) is 19.1 Å². The molecule has 1 aliphatic heterocycles. The number of fused-ring (bicyclic) bond motifs is 1. The minimum Gasteiger partial charge on any atom is -0.494 e. The molecule has 3 aromatic heterocycles. The molecule has 5 rings (SSSR count). The maximum Gasteiger partial charge on any atom is 0.263 e. The summed E-state index contributed by atoms with van der Waals surface area (Å²) in [6.07, 6.45) is 0.00880. The zero-order chi connectivity index (χ0) is 27.8. The van der Waals surface area contributed by atoms with E-state index >= 15 is 0 Å². The number of thiazole rings is 1. The van der Waals surface area contributed by atoms with Crippen molar-refractivity contribution in [1.29, 1.82) is 0 Å². The Bertz CT molecular complexity index is 1590. The summed E-state index contributed by atoms with van der Waals surface area (Å²) in [5.74, 6) is -1.54. The lowest BCUT2D eigenvalue weighted by molar-refractivity contribution is 0.0749. The van der Waals surface area contributed by atoms with Gasteiger partial charge in [0.1, 0.15) is 16.7 Å². The molecule has 1 N–H and O–H groups in total. The number of hydrogen-bond donors (Lipinski definition) is 1. The molecular weight excluding hydrogens is 555 g/mol. The van der Waals surface area contributed by atoms with Crippen LogP contribution in [0.3, 0.4) is 0 Å². The van der Waals surface area contributed by atoms with Gasteiger partial charge < -0.3 is 9.64 Å². The highest BCUT2D eigenvalue weighted by Crippen LogP contribution is 2.36. The molecule has 0 fully saturated rings.